The number of terminal acetylenes is 1. The molecule has 1 rings (SSSR count). The van der Waals surface area contributed by atoms with Crippen molar-refractivity contribution in [2.45, 2.75) is 26.1 Å². The maximum atomic E-state index is 12.5. The van der Waals surface area contributed by atoms with Crippen LogP contribution in [0.1, 0.15) is 18.1 Å². The van der Waals surface area contributed by atoms with Gasteiger partial charge < -0.3 is 5.32 Å². The van der Waals surface area contributed by atoms with E-state index in [-0.39, 0.29) is 6.04 Å². The number of hydrogen-bond donors (Lipinski definition) is 1. The van der Waals surface area contributed by atoms with Crippen LogP contribution < -0.4 is 5.32 Å². The van der Waals surface area contributed by atoms with Crippen LogP contribution in [0.4, 0.5) is 18.9 Å². The fourth-order valence-corrected chi connectivity index (χ4v) is 1.23. The van der Waals surface area contributed by atoms with E-state index in [2.05, 4.69) is 11.2 Å². The first-order chi connectivity index (χ1) is 7.34. The summed E-state index contributed by atoms with van der Waals surface area (Å²) in [5, 5.41) is 2.84. The number of hydrogen-bond acceptors (Lipinski definition) is 1. The minimum absolute atomic E-state index is 0.304. The average molecular weight is 227 g/mol. The maximum absolute atomic E-state index is 12.5. The number of anilines is 1. The molecule has 0 aliphatic carbocycles. The van der Waals surface area contributed by atoms with Crippen molar-refractivity contribution in [1.82, 2.24) is 0 Å². The number of benzene rings is 1. The third-order valence-electron chi connectivity index (χ3n) is 2.19. The Morgan fingerprint density at radius 3 is 2.50 bits per heavy atom. The Morgan fingerprint density at radius 1 is 1.38 bits per heavy atom. The van der Waals surface area contributed by atoms with Crippen molar-refractivity contribution in [3.63, 3.8) is 0 Å². The quantitative estimate of drug-likeness (QED) is 0.763. The smallest absolute Gasteiger partial charge is 0.372 e. The molecule has 0 aliphatic heterocycles. The van der Waals surface area contributed by atoms with Crippen molar-refractivity contribution in [3.8, 4) is 12.3 Å². The van der Waals surface area contributed by atoms with Crippen molar-refractivity contribution < 1.29 is 13.2 Å². The summed E-state index contributed by atoms with van der Waals surface area (Å²) in [4.78, 5) is 0. The summed E-state index contributed by atoms with van der Waals surface area (Å²) < 4.78 is 37.4. The molecule has 0 aliphatic rings. The number of halogens is 3. The monoisotopic (exact) mass is 227 g/mol. The molecule has 1 nitrogen and oxygen atoms in total. The largest absolute Gasteiger partial charge is 0.416 e. The SMILES string of the molecule is C#CC(C)Nc1cc(C(F)(F)F)ccc1C. The van der Waals surface area contributed by atoms with Gasteiger partial charge in [-0.25, -0.2) is 0 Å². The van der Waals surface area contributed by atoms with E-state index < -0.39 is 11.7 Å². The number of alkyl halides is 3. The highest BCUT2D eigenvalue weighted by Crippen LogP contribution is 2.32. The van der Waals surface area contributed by atoms with Crippen LogP contribution in [0.2, 0.25) is 0 Å². The second-order valence-electron chi connectivity index (χ2n) is 3.56. The van der Waals surface area contributed by atoms with Gasteiger partial charge in [-0.05, 0) is 31.5 Å². The van der Waals surface area contributed by atoms with Gasteiger partial charge >= 0.3 is 6.18 Å². The average Bonchev–Trinajstić information content (AvgIpc) is 2.19. The highest BCUT2D eigenvalue weighted by molar-refractivity contribution is 5.54. The van der Waals surface area contributed by atoms with Gasteiger partial charge in [0.25, 0.3) is 0 Å². The number of aryl methyl sites for hydroxylation is 1. The fraction of sp³-hybridized carbons (Fsp3) is 0.333. The summed E-state index contributed by atoms with van der Waals surface area (Å²) in [6.07, 6.45) is 0.829. The molecule has 1 unspecified atom stereocenters. The Balaban J connectivity index is 3.05. The highest BCUT2D eigenvalue weighted by atomic mass is 19.4. The van der Waals surface area contributed by atoms with Crippen LogP contribution in [0, 0.1) is 19.3 Å². The summed E-state index contributed by atoms with van der Waals surface area (Å²) in [5.41, 5.74) is 0.472. The second kappa shape index (κ2) is 4.48. The molecule has 0 heterocycles. The minimum atomic E-state index is -4.33. The first-order valence-corrected chi connectivity index (χ1v) is 4.75. The molecular weight excluding hydrogens is 215 g/mol. The molecule has 86 valence electrons. The normalized spacial score (nSPS) is 13.0. The van der Waals surface area contributed by atoms with Gasteiger partial charge in [0.05, 0.1) is 11.6 Å². The first-order valence-electron chi connectivity index (χ1n) is 4.75. The number of nitrogens with one attached hydrogen (secondary N) is 1. The van der Waals surface area contributed by atoms with Crippen molar-refractivity contribution in [2.24, 2.45) is 0 Å². The lowest BCUT2D eigenvalue weighted by Gasteiger charge is -2.15. The Labute approximate surface area is 92.7 Å². The molecule has 0 radical (unpaired) electrons. The van der Waals surface area contributed by atoms with E-state index >= 15 is 0 Å². The van der Waals surface area contributed by atoms with E-state index in [0.29, 0.717) is 5.69 Å². The van der Waals surface area contributed by atoms with Gasteiger partial charge in [-0.15, -0.1) is 6.42 Å². The van der Waals surface area contributed by atoms with Gasteiger partial charge in [-0.1, -0.05) is 12.0 Å². The van der Waals surface area contributed by atoms with Crippen LogP contribution in [0.15, 0.2) is 18.2 Å². The van der Waals surface area contributed by atoms with E-state index in [1.165, 1.54) is 6.07 Å². The Kier molecular flexibility index (Phi) is 3.48. The molecule has 1 aromatic carbocycles. The van der Waals surface area contributed by atoms with Crippen LogP contribution in [0.25, 0.3) is 0 Å². The third-order valence-corrected chi connectivity index (χ3v) is 2.19. The summed E-state index contributed by atoms with van der Waals surface area (Å²) in [6, 6.07) is 3.25. The molecule has 16 heavy (non-hydrogen) atoms. The van der Waals surface area contributed by atoms with E-state index in [0.717, 1.165) is 17.7 Å². The lowest BCUT2D eigenvalue weighted by Crippen LogP contribution is -2.14. The van der Waals surface area contributed by atoms with Crippen LogP contribution in [0.3, 0.4) is 0 Å². The summed E-state index contributed by atoms with van der Waals surface area (Å²) in [7, 11) is 0. The predicted octanol–water partition coefficient (Wildman–Crippen LogP) is 3.45. The van der Waals surface area contributed by atoms with Gasteiger partial charge in [0.1, 0.15) is 0 Å². The van der Waals surface area contributed by atoms with Crippen molar-refractivity contribution in [3.05, 3.63) is 29.3 Å². The molecule has 0 spiro atoms. The van der Waals surface area contributed by atoms with Crippen LogP contribution >= 0.6 is 0 Å². The lowest BCUT2D eigenvalue weighted by molar-refractivity contribution is -0.137. The standard InChI is InChI=1S/C12H12F3N/c1-4-9(3)16-11-7-10(12(13,14)15)6-5-8(11)2/h1,5-7,9,16H,2-3H3. The molecule has 0 bridgehead atoms. The molecule has 0 saturated carbocycles. The summed E-state index contributed by atoms with van der Waals surface area (Å²) in [5.74, 6) is 2.41. The molecule has 1 N–H and O–H groups in total. The van der Waals surface area contributed by atoms with Gasteiger partial charge in [0.2, 0.25) is 0 Å². The van der Waals surface area contributed by atoms with Crippen LogP contribution in [0.5, 0.6) is 0 Å². The summed E-state index contributed by atoms with van der Waals surface area (Å²) in [6.45, 7) is 3.44. The van der Waals surface area contributed by atoms with Crippen molar-refractivity contribution >= 4 is 5.69 Å². The number of rotatable bonds is 2. The molecule has 0 fully saturated rings. The van der Waals surface area contributed by atoms with E-state index in [1.807, 2.05) is 0 Å². The molecular formula is C12H12F3N. The third kappa shape index (κ3) is 2.93. The lowest BCUT2D eigenvalue weighted by atomic mass is 10.1. The Bertz CT molecular complexity index is 415. The summed E-state index contributed by atoms with van der Waals surface area (Å²) >= 11 is 0. The zero-order valence-electron chi connectivity index (χ0n) is 9.02. The maximum Gasteiger partial charge on any atom is 0.416 e. The van der Waals surface area contributed by atoms with E-state index in [9.17, 15) is 13.2 Å². The molecule has 1 atom stereocenters. The predicted molar refractivity (Wildman–Crippen MR) is 58.1 cm³/mol. The van der Waals surface area contributed by atoms with Crippen molar-refractivity contribution in [1.29, 1.82) is 0 Å². The molecule has 0 amide bonds. The van der Waals surface area contributed by atoms with E-state index in [1.54, 1.807) is 13.8 Å². The van der Waals surface area contributed by atoms with Crippen LogP contribution in [-0.2, 0) is 6.18 Å². The molecule has 1 aromatic rings. The van der Waals surface area contributed by atoms with Gasteiger partial charge in [0.15, 0.2) is 0 Å². The Hall–Kier alpha value is -1.63. The fourth-order valence-electron chi connectivity index (χ4n) is 1.23. The minimum Gasteiger partial charge on any atom is -0.372 e. The zero-order valence-corrected chi connectivity index (χ0v) is 9.02. The van der Waals surface area contributed by atoms with Gasteiger partial charge in [-0.3, -0.25) is 0 Å². The van der Waals surface area contributed by atoms with Crippen molar-refractivity contribution in [2.75, 3.05) is 5.32 Å². The molecule has 0 aromatic heterocycles. The van der Waals surface area contributed by atoms with Gasteiger partial charge in [0, 0.05) is 5.69 Å². The first kappa shape index (κ1) is 12.4. The highest BCUT2D eigenvalue weighted by Gasteiger charge is 2.30. The molecule has 4 heteroatoms. The second-order valence-corrected chi connectivity index (χ2v) is 3.56. The Morgan fingerprint density at radius 2 is 2.00 bits per heavy atom. The van der Waals surface area contributed by atoms with Crippen LogP contribution in [-0.4, -0.2) is 6.04 Å². The van der Waals surface area contributed by atoms with Gasteiger partial charge in [-0.2, -0.15) is 13.2 Å². The molecule has 0 saturated heterocycles. The zero-order chi connectivity index (χ0) is 12.3. The topological polar surface area (TPSA) is 12.0 Å². The van der Waals surface area contributed by atoms with E-state index in [4.69, 9.17) is 6.42 Å².